The van der Waals surface area contributed by atoms with E-state index in [0.717, 1.165) is 58.3 Å². The van der Waals surface area contributed by atoms with Crippen molar-refractivity contribution in [1.82, 2.24) is 20.1 Å². The highest BCUT2D eigenvalue weighted by atomic mass is 16.2. The molecule has 3 fully saturated rings. The molecule has 7 nitrogen and oxygen atoms in total. The lowest BCUT2D eigenvalue weighted by Gasteiger charge is -2.23. The van der Waals surface area contributed by atoms with Crippen LogP contribution in [-0.4, -0.2) is 53.5 Å². The van der Waals surface area contributed by atoms with Gasteiger partial charge in [0.1, 0.15) is 11.1 Å². The summed E-state index contributed by atoms with van der Waals surface area (Å²) < 4.78 is 1.90. The maximum absolute atomic E-state index is 13.0. The number of pyridine rings is 1. The minimum Gasteiger partial charge on any atom is -0.352 e. The molecule has 1 aliphatic heterocycles. The van der Waals surface area contributed by atoms with Gasteiger partial charge in [0.25, 0.3) is 11.8 Å². The molecule has 3 aliphatic rings. The number of carbonyl (C=O) groups excluding carboxylic acids is 2. The van der Waals surface area contributed by atoms with Crippen molar-refractivity contribution in [3.8, 4) is 0 Å². The molecule has 170 valence electrons. The Kier molecular flexibility index (Phi) is 7.43. The van der Waals surface area contributed by atoms with Crippen LogP contribution < -0.4 is 16.1 Å². The van der Waals surface area contributed by atoms with E-state index >= 15 is 0 Å². The molecule has 0 unspecified atom stereocenters. The predicted molar refractivity (Wildman–Crippen MR) is 120 cm³/mol. The van der Waals surface area contributed by atoms with Gasteiger partial charge in [-0.15, -0.1) is 0 Å². The Morgan fingerprint density at radius 2 is 1.58 bits per heavy atom. The van der Waals surface area contributed by atoms with Gasteiger partial charge in [-0.05, 0) is 70.5 Å². The molecule has 0 spiro atoms. The van der Waals surface area contributed by atoms with Crippen LogP contribution in [0.1, 0.15) is 84.9 Å². The lowest BCUT2D eigenvalue weighted by molar-refractivity contribution is 0.0948. The third-order valence-electron chi connectivity index (χ3n) is 6.81. The lowest BCUT2D eigenvalue weighted by atomic mass is 9.89. The molecular formula is C24H36N4O3. The number of carbonyl (C=O) groups is 2. The van der Waals surface area contributed by atoms with Crippen LogP contribution in [-0.2, 0) is 6.54 Å². The zero-order chi connectivity index (χ0) is 21.6. The van der Waals surface area contributed by atoms with Crippen molar-refractivity contribution in [2.24, 2.45) is 5.92 Å². The number of hydrogen-bond acceptors (Lipinski definition) is 4. The molecule has 0 radical (unpaired) electrons. The summed E-state index contributed by atoms with van der Waals surface area (Å²) in [5.41, 5.74) is -0.289. The van der Waals surface area contributed by atoms with Crippen molar-refractivity contribution in [3.05, 3.63) is 33.7 Å². The second-order valence-electron chi connectivity index (χ2n) is 9.52. The van der Waals surface area contributed by atoms with Gasteiger partial charge in [0.2, 0.25) is 5.43 Å². The number of nitrogens with zero attached hydrogens (tertiary/aromatic N) is 2. The van der Waals surface area contributed by atoms with E-state index in [2.05, 4.69) is 15.5 Å². The number of rotatable bonds is 9. The van der Waals surface area contributed by atoms with Crippen LogP contribution in [0.4, 0.5) is 0 Å². The summed E-state index contributed by atoms with van der Waals surface area (Å²) in [5.74, 6) is -0.189. The minimum absolute atomic E-state index is 0.0837. The van der Waals surface area contributed by atoms with Crippen LogP contribution in [0.25, 0.3) is 0 Å². The molecule has 2 N–H and O–H groups in total. The van der Waals surface area contributed by atoms with E-state index in [9.17, 15) is 14.4 Å². The molecule has 2 heterocycles. The van der Waals surface area contributed by atoms with Gasteiger partial charge in [0, 0.05) is 31.5 Å². The third-order valence-corrected chi connectivity index (χ3v) is 6.81. The fraction of sp³-hybridized carbons (Fsp3) is 0.708. The van der Waals surface area contributed by atoms with Gasteiger partial charge >= 0.3 is 0 Å². The summed E-state index contributed by atoms with van der Waals surface area (Å²) in [6.07, 6.45) is 14.6. The smallest absolute Gasteiger partial charge is 0.256 e. The molecule has 0 atom stereocenters. The van der Waals surface area contributed by atoms with Gasteiger partial charge in [0.05, 0.1) is 0 Å². The van der Waals surface area contributed by atoms with Gasteiger partial charge < -0.3 is 20.1 Å². The first-order valence-corrected chi connectivity index (χ1v) is 12.2. The maximum Gasteiger partial charge on any atom is 0.256 e. The normalized spacial score (nSPS) is 20.0. The molecule has 2 amide bonds. The lowest BCUT2D eigenvalue weighted by Crippen LogP contribution is -2.37. The monoisotopic (exact) mass is 428 g/mol. The zero-order valence-corrected chi connectivity index (χ0v) is 18.5. The Balaban J connectivity index is 1.45. The topological polar surface area (TPSA) is 83.4 Å². The fourth-order valence-corrected chi connectivity index (χ4v) is 4.82. The predicted octanol–water partition coefficient (Wildman–Crippen LogP) is 2.54. The molecule has 1 aromatic heterocycles. The van der Waals surface area contributed by atoms with Crippen LogP contribution in [0, 0.1) is 5.92 Å². The van der Waals surface area contributed by atoms with Gasteiger partial charge in [-0.25, -0.2) is 0 Å². The van der Waals surface area contributed by atoms with E-state index < -0.39 is 5.43 Å². The van der Waals surface area contributed by atoms with Crippen molar-refractivity contribution in [2.75, 3.05) is 26.2 Å². The van der Waals surface area contributed by atoms with E-state index in [4.69, 9.17) is 0 Å². The standard InChI is InChI=1S/C24H36N4O3/c29-22-20(23(30)25-11-6-14-27-12-4-5-13-27)16-28(15-18-7-2-1-3-8-18)17-21(22)24(31)26-19-9-10-19/h16-19H,1-15H2,(H,25,30)(H,26,31). The molecule has 4 rings (SSSR count). The van der Waals surface area contributed by atoms with E-state index in [0.29, 0.717) is 12.5 Å². The van der Waals surface area contributed by atoms with Crippen molar-refractivity contribution >= 4 is 11.8 Å². The molecule has 2 saturated carbocycles. The average molecular weight is 429 g/mol. The Morgan fingerprint density at radius 3 is 2.26 bits per heavy atom. The van der Waals surface area contributed by atoms with Crippen LogP contribution in [0.3, 0.4) is 0 Å². The van der Waals surface area contributed by atoms with Crippen LogP contribution in [0.5, 0.6) is 0 Å². The summed E-state index contributed by atoms with van der Waals surface area (Å²) in [6, 6.07) is 0.168. The number of amides is 2. The molecule has 1 aromatic rings. The van der Waals surface area contributed by atoms with Crippen molar-refractivity contribution in [1.29, 1.82) is 0 Å². The summed E-state index contributed by atoms with van der Waals surface area (Å²) in [7, 11) is 0. The van der Waals surface area contributed by atoms with E-state index in [1.807, 2.05) is 4.57 Å². The van der Waals surface area contributed by atoms with Crippen LogP contribution in [0.2, 0.25) is 0 Å². The third kappa shape index (κ3) is 6.19. The first kappa shape index (κ1) is 22.1. The highest BCUT2D eigenvalue weighted by molar-refractivity contribution is 5.99. The highest BCUT2D eigenvalue weighted by Gasteiger charge is 2.27. The Labute approximate surface area is 184 Å². The van der Waals surface area contributed by atoms with Gasteiger partial charge in [-0.3, -0.25) is 14.4 Å². The summed E-state index contributed by atoms with van der Waals surface area (Å²) in [4.78, 5) is 40.9. The van der Waals surface area contributed by atoms with E-state index in [1.54, 1.807) is 12.4 Å². The second-order valence-corrected chi connectivity index (χ2v) is 9.52. The first-order chi connectivity index (χ1) is 15.1. The first-order valence-electron chi connectivity index (χ1n) is 12.2. The maximum atomic E-state index is 13.0. The Hall–Kier alpha value is -2.15. The fourth-order valence-electron chi connectivity index (χ4n) is 4.82. The zero-order valence-electron chi connectivity index (χ0n) is 18.5. The molecule has 31 heavy (non-hydrogen) atoms. The number of aromatic nitrogens is 1. The van der Waals surface area contributed by atoms with Gasteiger partial charge in [-0.1, -0.05) is 19.3 Å². The summed E-state index contributed by atoms with van der Waals surface area (Å²) in [6.45, 7) is 4.53. The van der Waals surface area contributed by atoms with Crippen molar-refractivity contribution in [2.45, 2.75) is 76.8 Å². The van der Waals surface area contributed by atoms with E-state index in [-0.39, 0.29) is 29.0 Å². The number of likely N-dealkylation sites (tertiary alicyclic amines) is 1. The molecular weight excluding hydrogens is 392 g/mol. The van der Waals surface area contributed by atoms with Crippen LogP contribution >= 0.6 is 0 Å². The minimum atomic E-state index is -0.463. The Bertz CT molecular complexity index is 834. The number of hydrogen-bond donors (Lipinski definition) is 2. The SMILES string of the molecule is O=C(NCCCN1CCCC1)c1cn(CC2CCCCC2)cc(C(=O)NC2CC2)c1=O. The van der Waals surface area contributed by atoms with Gasteiger partial charge in [0.15, 0.2) is 0 Å². The molecule has 1 saturated heterocycles. The largest absolute Gasteiger partial charge is 0.352 e. The second kappa shape index (κ2) is 10.4. The van der Waals surface area contributed by atoms with Crippen LogP contribution in [0.15, 0.2) is 17.2 Å². The van der Waals surface area contributed by atoms with Crippen molar-refractivity contribution < 1.29 is 9.59 Å². The van der Waals surface area contributed by atoms with Crippen molar-refractivity contribution in [3.63, 3.8) is 0 Å². The molecule has 0 bridgehead atoms. The number of nitrogens with one attached hydrogen (secondary N) is 2. The molecule has 2 aliphatic carbocycles. The Morgan fingerprint density at radius 1 is 0.903 bits per heavy atom. The molecule has 0 aromatic carbocycles. The molecule has 7 heteroatoms. The summed E-state index contributed by atoms with van der Waals surface area (Å²) >= 11 is 0. The highest BCUT2D eigenvalue weighted by Crippen LogP contribution is 2.25. The van der Waals surface area contributed by atoms with Gasteiger partial charge in [-0.2, -0.15) is 0 Å². The van der Waals surface area contributed by atoms with E-state index in [1.165, 1.54) is 32.1 Å². The summed E-state index contributed by atoms with van der Waals surface area (Å²) in [5, 5.41) is 5.81. The average Bonchev–Trinajstić information content (AvgIpc) is 3.43. The quantitative estimate of drug-likeness (QED) is 0.592.